The van der Waals surface area contributed by atoms with E-state index in [1.54, 1.807) is 30.3 Å². The van der Waals surface area contributed by atoms with Gasteiger partial charge in [-0.25, -0.2) is 9.78 Å². The molecule has 2 unspecified atom stereocenters. The van der Waals surface area contributed by atoms with Crippen molar-refractivity contribution in [2.24, 2.45) is 17.2 Å². The number of ether oxygens (including phenoxy) is 2. The number of carbonyl (C=O) groups excluding carboxylic acids is 11. The highest BCUT2D eigenvalue weighted by molar-refractivity contribution is 7.99. The van der Waals surface area contributed by atoms with E-state index >= 15 is 0 Å². The monoisotopic (exact) mass is 1670 g/mol. The van der Waals surface area contributed by atoms with E-state index in [2.05, 4.69) is 61.0 Å². The zero-order chi connectivity index (χ0) is 85.4. The van der Waals surface area contributed by atoms with Crippen LogP contribution in [0.1, 0.15) is 276 Å². The second kappa shape index (κ2) is 61.1. The molecule has 17 N–H and O–H groups in total. The number of aliphatic hydroxyl groups excluding tert-OH is 1. The van der Waals surface area contributed by atoms with Gasteiger partial charge in [0.1, 0.15) is 61.0 Å². The topological polar surface area (TPSA) is 498 Å². The van der Waals surface area contributed by atoms with Crippen LogP contribution < -0.4 is 54.4 Å². The fraction of sp³-hybridized carbons (Fsp3) is 0.738. The fourth-order valence-electron chi connectivity index (χ4n) is 14.5. The summed E-state index contributed by atoms with van der Waals surface area (Å²) < 4.78 is 11.5. The van der Waals surface area contributed by atoms with Gasteiger partial charge in [0, 0.05) is 62.2 Å². The second-order valence-electron chi connectivity index (χ2n) is 31.1. The summed E-state index contributed by atoms with van der Waals surface area (Å²) in [6.45, 7) is 3.05. The van der Waals surface area contributed by atoms with E-state index in [-0.39, 0.29) is 102 Å². The standard InChI is InChI=1S/C84H140N14O18S/c1-3-5-7-9-11-13-15-17-19-21-23-25-30-44-74(103)115-56-62(116-75(104)45-31-26-24-22-20-18-16-14-12-10-8-6-4-2)57-117-58-63(87)76(105)89-54-72(100)91-67(52-73(101)102)83(112)98-49-37-43-71(98)81(110)92-64(40-32-34-46-85)77(106)94-66(51-61-53-88-59-90-61)82(111)97-48-36-42-70(97)80(109)93-65(41-33-35-47-86)78(107)96-69(55-99)79(108)95-68(84(113)114)50-60-38-28-27-29-39-60/h27-29,38-39,53,59,62-71,99H,3-26,30-37,40-52,54-58,85-87H2,1-2H3,(H,88,90)(H,89,105)(H,91,100)(H,92,110)(H,93,109)(H,94,106)(H,95,108)(H,96,107)(H,101,102)(H,113,114)/t62?,63?,64-,65-,66-,67-,68-,69-,70-,71-/m0/s1. The molecule has 32 nitrogen and oxygen atoms in total. The minimum atomic E-state index is -1.73. The van der Waals surface area contributed by atoms with Gasteiger partial charge in [-0.3, -0.25) is 57.5 Å². The van der Waals surface area contributed by atoms with Gasteiger partial charge in [0.05, 0.1) is 31.9 Å². The summed E-state index contributed by atoms with van der Waals surface area (Å²) in [5.74, 6) is -11.2. The Hall–Kier alpha value is -8.27. The van der Waals surface area contributed by atoms with Gasteiger partial charge in [0.15, 0.2) is 0 Å². The predicted molar refractivity (Wildman–Crippen MR) is 446 cm³/mol. The summed E-state index contributed by atoms with van der Waals surface area (Å²) in [7, 11) is 0. The third kappa shape index (κ3) is 42.3. The smallest absolute Gasteiger partial charge is 0.326 e. The highest BCUT2D eigenvalue weighted by Gasteiger charge is 2.43. The van der Waals surface area contributed by atoms with Crippen molar-refractivity contribution >= 4 is 88.8 Å². The maximum absolute atomic E-state index is 14.9. The molecule has 9 amide bonds. The van der Waals surface area contributed by atoms with Crippen LogP contribution in [0.5, 0.6) is 0 Å². The SMILES string of the molecule is CCCCCCCCCCCCCCCC(=O)OCC(CSCC(N)C(=O)NCC(=O)N[C@@H](CC(=O)O)C(=O)N1CCC[C@H]1C(=O)N[C@@H](CCCCN)C(=O)N[C@@H](Cc1cnc[nH]1)C(=O)N1CCC[C@H]1C(=O)N[C@@H](CCCCN)C(=O)N[C@@H](CO)C(=O)N[C@@H](Cc1ccccc1)C(=O)O)OC(=O)CCCCCCCCCCCCCCC. The van der Waals surface area contributed by atoms with E-state index in [9.17, 15) is 77.6 Å². The highest BCUT2D eigenvalue weighted by atomic mass is 32.2. The molecule has 2 aliphatic heterocycles. The average Bonchev–Trinajstić information content (AvgIpc) is 1.70. The lowest BCUT2D eigenvalue weighted by atomic mass is 10.0. The molecule has 0 radical (unpaired) electrons. The molecule has 3 heterocycles. The van der Waals surface area contributed by atoms with E-state index in [0.29, 0.717) is 56.2 Å². The molecular weight excluding hydrogens is 1530 g/mol. The Morgan fingerprint density at radius 1 is 0.530 bits per heavy atom. The molecule has 0 bridgehead atoms. The van der Waals surface area contributed by atoms with E-state index in [0.717, 1.165) is 43.4 Å². The number of aliphatic carboxylic acids is 2. The summed E-state index contributed by atoms with van der Waals surface area (Å²) in [6.07, 6.45) is 33.6. The minimum Gasteiger partial charge on any atom is -0.481 e. The van der Waals surface area contributed by atoms with E-state index in [1.807, 2.05) is 0 Å². The van der Waals surface area contributed by atoms with Gasteiger partial charge >= 0.3 is 23.9 Å². The number of unbranched alkanes of at least 4 members (excludes halogenated alkanes) is 26. The number of esters is 2. The molecule has 660 valence electrons. The molecule has 10 atom stereocenters. The third-order valence-corrected chi connectivity index (χ3v) is 22.4. The molecule has 2 aliphatic rings. The lowest BCUT2D eigenvalue weighted by molar-refractivity contribution is -0.157. The molecule has 0 spiro atoms. The Bertz CT molecular complexity index is 3250. The Kier molecular flexibility index (Phi) is 52.8. The number of carbonyl (C=O) groups is 13. The Balaban J connectivity index is 1.36. The van der Waals surface area contributed by atoms with Crippen molar-refractivity contribution in [1.29, 1.82) is 0 Å². The number of nitrogens with one attached hydrogen (secondary N) is 8. The highest BCUT2D eigenvalue weighted by Crippen LogP contribution is 2.24. The van der Waals surface area contributed by atoms with Gasteiger partial charge in [0.25, 0.3) is 0 Å². The molecule has 117 heavy (non-hydrogen) atoms. The molecule has 33 heteroatoms. The summed E-state index contributed by atoms with van der Waals surface area (Å²) in [6, 6.07) is -4.04. The molecule has 2 saturated heterocycles. The molecule has 0 aliphatic carbocycles. The number of aromatic amines is 1. The van der Waals surface area contributed by atoms with Crippen LogP contribution in [0.4, 0.5) is 0 Å². The van der Waals surface area contributed by atoms with Crippen LogP contribution in [-0.4, -0.2) is 230 Å². The number of nitrogens with two attached hydrogens (primary N) is 3. The van der Waals surface area contributed by atoms with E-state index in [1.165, 1.54) is 145 Å². The summed E-state index contributed by atoms with van der Waals surface area (Å²) in [5, 5.41) is 48.0. The fourth-order valence-corrected chi connectivity index (χ4v) is 15.4. The molecule has 0 saturated carbocycles. The number of H-pyrrole nitrogens is 1. The first-order valence-electron chi connectivity index (χ1n) is 43.4. The lowest BCUT2D eigenvalue weighted by Gasteiger charge is -2.31. The van der Waals surface area contributed by atoms with Crippen molar-refractivity contribution < 1.29 is 87.1 Å². The zero-order valence-electron chi connectivity index (χ0n) is 69.6. The van der Waals surface area contributed by atoms with Crippen LogP contribution in [0.3, 0.4) is 0 Å². The van der Waals surface area contributed by atoms with Crippen LogP contribution >= 0.6 is 11.8 Å². The number of imidazole rings is 1. The Morgan fingerprint density at radius 2 is 0.991 bits per heavy atom. The number of aromatic nitrogens is 2. The summed E-state index contributed by atoms with van der Waals surface area (Å²) in [4.78, 5) is 187. The Morgan fingerprint density at radius 3 is 1.45 bits per heavy atom. The van der Waals surface area contributed by atoms with Crippen molar-refractivity contribution in [3.8, 4) is 0 Å². The number of nitrogens with zero attached hydrogens (tertiary/aromatic N) is 3. The summed E-state index contributed by atoms with van der Waals surface area (Å²) >= 11 is 1.18. The van der Waals surface area contributed by atoms with Crippen molar-refractivity contribution in [3.05, 3.63) is 54.1 Å². The zero-order valence-corrected chi connectivity index (χ0v) is 70.4. The van der Waals surface area contributed by atoms with Gasteiger partial charge < -0.3 is 94.0 Å². The van der Waals surface area contributed by atoms with E-state index in [4.69, 9.17) is 26.7 Å². The number of carboxylic acid groups (broad SMARTS) is 2. The van der Waals surface area contributed by atoms with Gasteiger partial charge in [-0.15, -0.1) is 0 Å². The molecular formula is C84H140N14O18S. The number of benzene rings is 1. The number of rotatable bonds is 67. The first-order valence-corrected chi connectivity index (χ1v) is 44.5. The number of amides is 9. The largest absolute Gasteiger partial charge is 0.481 e. The summed E-state index contributed by atoms with van der Waals surface area (Å²) in [5.41, 5.74) is 18.9. The first-order chi connectivity index (χ1) is 56.5. The number of hydrogen-bond donors (Lipinski definition) is 14. The Labute approximate surface area is 695 Å². The van der Waals surface area contributed by atoms with Crippen LogP contribution in [-0.2, 0) is 84.6 Å². The number of aliphatic hydroxyl groups is 1. The molecule has 4 rings (SSSR count). The quantitative estimate of drug-likeness (QED) is 0.0248. The van der Waals surface area contributed by atoms with Crippen molar-refractivity contribution in [2.45, 2.75) is 338 Å². The number of hydrogen-bond acceptors (Lipinski definition) is 21. The van der Waals surface area contributed by atoms with Crippen LogP contribution in [0.2, 0.25) is 0 Å². The van der Waals surface area contributed by atoms with Crippen LogP contribution in [0.25, 0.3) is 0 Å². The predicted octanol–water partition coefficient (Wildman–Crippen LogP) is 6.49. The van der Waals surface area contributed by atoms with E-state index < -0.39 is 157 Å². The maximum atomic E-state index is 14.9. The van der Waals surface area contributed by atoms with Gasteiger partial charge in [-0.2, -0.15) is 11.8 Å². The number of carboxylic acids is 2. The van der Waals surface area contributed by atoms with Crippen LogP contribution in [0, 0.1) is 0 Å². The first kappa shape index (κ1) is 101. The van der Waals surface area contributed by atoms with Gasteiger partial charge in [-0.05, 0) is 95.7 Å². The minimum absolute atomic E-state index is 0.00653. The number of thioether (sulfide) groups is 1. The molecule has 2 fully saturated rings. The van der Waals surface area contributed by atoms with Crippen LogP contribution in [0.15, 0.2) is 42.9 Å². The maximum Gasteiger partial charge on any atom is 0.326 e. The lowest BCUT2D eigenvalue weighted by Crippen LogP contribution is -2.60. The molecule has 2 aromatic rings. The third-order valence-electron chi connectivity index (χ3n) is 21.2. The van der Waals surface area contributed by atoms with Gasteiger partial charge in [0.2, 0.25) is 53.2 Å². The molecule has 1 aromatic heterocycles. The van der Waals surface area contributed by atoms with Crippen molar-refractivity contribution in [3.63, 3.8) is 0 Å². The normalized spacial score (nSPS) is 15.9. The number of likely N-dealkylation sites (tertiary alicyclic amines) is 2. The molecule has 1 aromatic carbocycles. The average molecular weight is 1670 g/mol. The van der Waals surface area contributed by atoms with Crippen molar-refractivity contribution in [1.82, 2.24) is 57.0 Å². The van der Waals surface area contributed by atoms with Crippen molar-refractivity contribution in [2.75, 3.05) is 57.4 Å². The van der Waals surface area contributed by atoms with Gasteiger partial charge in [-0.1, -0.05) is 198 Å². The second-order valence-corrected chi connectivity index (χ2v) is 32.2.